The third-order valence-electron chi connectivity index (χ3n) is 18.8. The minimum absolute atomic E-state index is 1.03. The molecule has 0 radical (unpaired) electrons. The molecule has 0 N–H and O–H groups in total. The van der Waals surface area contributed by atoms with Gasteiger partial charge in [0.15, 0.2) is 0 Å². The lowest BCUT2D eigenvalue weighted by Gasteiger charge is -2.31. The second kappa shape index (κ2) is 15.3. The lowest BCUT2D eigenvalue weighted by molar-refractivity contribution is 0.673. The molecule has 286 valence electrons. The highest BCUT2D eigenvalue weighted by Crippen LogP contribution is 2.42. The maximum atomic E-state index is 7.65. The quantitative estimate of drug-likeness (QED) is 0.125. The van der Waals surface area contributed by atoms with Crippen LogP contribution in [0.25, 0.3) is 87.3 Å². The average molecular weight is 804 g/mol. The zero-order chi connectivity index (χ0) is 47.8. The van der Waals surface area contributed by atoms with Crippen molar-refractivity contribution in [3.05, 3.63) is 0 Å². The molecule has 1 aromatic heterocycles. The first-order chi connectivity index (χ1) is 30.3. The molecule has 0 saturated heterocycles. The summed E-state index contributed by atoms with van der Waals surface area (Å²) >= 11 is 0. The topological polar surface area (TPSA) is 13.1 Å². The number of fused-ring (bicyclic) bond motifs is 7. The third kappa shape index (κ3) is 5.75. The van der Waals surface area contributed by atoms with Crippen LogP contribution in [-0.4, -0.2) is 188 Å². The molecule has 0 atom stereocenters. The van der Waals surface area contributed by atoms with Crippen molar-refractivity contribution in [2.75, 3.05) is 0 Å². The van der Waals surface area contributed by atoms with E-state index in [1.165, 1.54) is 207 Å². The average Bonchev–Trinajstić information content (AvgIpc) is 3.68. The second-order valence-electron chi connectivity index (χ2n) is 21.0. The second-order valence-corrected chi connectivity index (χ2v) is 21.0. The van der Waals surface area contributed by atoms with E-state index in [-0.39, 0.29) is 0 Å². The first-order valence-corrected chi connectivity index (χ1v) is 24.2. The monoisotopic (exact) mass is 809 g/mol. The van der Waals surface area contributed by atoms with E-state index in [2.05, 4.69) is 188 Å². The van der Waals surface area contributed by atoms with Gasteiger partial charge in [-0.25, -0.2) is 0 Å². The summed E-state index contributed by atoms with van der Waals surface area (Å²) in [5.41, 5.74) is 40.3. The summed E-state index contributed by atoms with van der Waals surface area (Å²) in [5, 5.41) is 13.7. The van der Waals surface area contributed by atoms with E-state index in [1.807, 2.05) is 0 Å². The molecule has 0 fully saturated rings. The van der Waals surface area contributed by atoms with E-state index in [1.54, 1.807) is 0 Å². The largest absolute Gasteiger partial charge is 0.456 e. The Bertz CT molecular complexity index is 3740. The molecule has 9 rings (SSSR count). The molecule has 25 heteroatoms. The fourth-order valence-electron chi connectivity index (χ4n) is 13.2. The molecule has 0 aliphatic rings. The molecule has 8 aromatic carbocycles. The van der Waals surface area contributed by atoms with Crippen molar-refractivity contribution in [2.45, 2.75) is 0 Å². The molecule has 0 bridgehead atoms. The first kappa shape index (κ1) is 46.3. The van der Waals surface area contributed by atoms with Gasteiger partial charge in [0.25, 0.3) is 0 Å². The Kier molecular flexibility index (Phi) is 10.9. The van der Waals surface area contributed by atoms with Crippen LogP contribution in [0.5, 0.6) is 0 Å². The normalized spacial score (nSPS) is 11.9. The van der Waals surface area contributed by atoms with E-state index < -0.39 is 0 Å². The van der Waals surface area contributed by atoms with Crippen LogP contribution in [0.15, 0.2) is 4.42 Å². The minimum atomic E-state index is 1.03. The molecule has 0 aliphatic carbocycles. The maximum Gasteiger partial charge on any atom is 0.145 e. The van der Waals surface area contributed by atoms with Gasteiger partial charge in [0.1, 0.15) is 199 Å². The molecule has 0 unspecified atom stereocenters. The zero-order valence-corrected chi connectivity index (χ0v) is 44.4. The van der Waals surface area contributed by atoms with E-state index in [0.717, 1.165) is 11.2 Å². The van der Waals surface area contributed by atoms with Gasteiger partial charge in [-0.1, -0.05) is 81.9 Å². The Hall–Kier alpha value is -3.84. The fourth-order valence-corrected chi connectivity index (χ4v) is 13.2. The van der Waals surface area contributed by atoms with Crippen LogP contribution >= 0.6 is 0 Å². The highest BCUT2D eigenvalue weighted by Gasteiger charge is 2.31. The summed E-state index contributed by atoms with van der Waals surface area (Å²) in [5.74, 6) is 0. The molecular formula is C40H48B24O. The fraction of sp³-hybridized carbons (Fsp3) is 0. The minimum Gasteiger partial charge on any atom is -0.456 e. The van der Waals surface area contributed by atoms with Gasteiger partial charge < -0.3 is 4.42 Å². The van der Waals surface area contributed by atoms with Gasteiger partial charge in [-0.2, -0.15) is 0 Å². The van der Waals surface area contributed by atoms with Crippen LogP contribution in [0, 0.1) is 0 Å². The van der Waals surface area contributed by atoms with Crippen molar-refractivity contribution >= 4 is 384 Å². The van der Waals surface area contributed by atoms with Gasteiger partial charge in [0.05, 0.1) is 0 Å². The molecule has 9 aromatic rings. The predicted octanol–water partition coefficient (Wildman–Crippen LogP) is -30.3. The molecular weight excluding hydrogens is 756 g/mol. The molecule has 1 nitrogen and oxygen atoms in total. The summed E-state index contributed by atoms with van der Waals surface area (Å²) in [6.07, 6.45) is 0. The number of rotatable bonds is 2. The van der Waals surface area contributed by atoms with Gasteiger partial charge in [-0.15, -0.1) is 43.7 Å². The summed E-state index contributed by atoms with van der Waals surface area (Å²) in [7, 11) is 56.6. The summed E-state index contributed by atoms with van der Waals surface area (Å²) < 4.78 is 7.65. The van der Waals surface area contributed by atoms with E-state index in [0.29, 0.717) is 0 Å². The first-order valence-electron chi connectivity index (χ1n) is 24.2. The van der Waals surface area contributed by atoms with Crippen molar-refractivity contribution < 1.29 is 4.42 Å². The van der Waals surface area contributed by atoms with Crippen LogP contribution in [0.1, 0.15) is 0 Å². The zero-order valence-electron chi connectivity index (χ0n) is 44.4. The van der Waals surface area contributed by atoms with Crippen molar-refractivity contribution in [1.82, 2.24) is 0 Å². The van der Waals surface area contributed by atoms with Crippen molar-refractivity contribution in [3.63, 3.8) is 0 Å². The Labute approximate surface area is 408 Å². The number of hydrogen-bond donors (Lipinski definition) is 0. The Balaban J connectivity index is 1.65. The van der Waals surface area contributed by atoms with Crippen molar-refractivity contribution in [2.24, 2.45) is 0 Å². The van der Waals surface area contributed by atoms with Gasteiger partial charge in [0, 0.05) is 16.3 Å². The highest BCUT2D eigenvalue weighted by molar-refractivity contribution is 6.77. The van der Waals surface area contributed by atoms with E-state index >= 15 is 0 Å². The van der Waals surface area contributed by atoms with E-state index in [9.17, 15) is 0 Å². The summed E-state index contributed by atoms with van der Waals surface area (Å²) in [6.45, 7) is 0. The van der Waals surface area contributed by atoms with Gasteiger partial charge in [0.2, 0.25) is 0 Å². The van der Waals surface area contributed by atoms with E-state index in [4.69, 9.17) is 4.42 Å². The lowest BCUT2D eigenvalue weighted by atomic mass is 9.56. The summed E-state index contributed by atoms with van der Waals surface area (Å²) in [6, 6.07) is 0. The molecule has 0 amide bonds. The van der Waals surface area contributed by atoms with Crippen molar-refractivity contribution in [1.29, 1.82) is 0 Å². The smallest absolute Gasteiger partial charge is 0.145 e. The molecule has 0 saturated carbocycles. The Morgan fingerprint density at radius 2 is 0.369 bits per heavy atom. The highest BCUT2D eigenvalue weighted by atomic mass is 16.3. The molecule has 1 heterocycles. The van der Waals surface area contributed by atoms with Crippen LogP contribution in [-0.2, 0) is 0 Å². The SMILES string of the molecule is Bc1c(B)c(B)c2c(oc3c(B)c4c(B)c(B)c(B)c(B)c4c(B)c32)c1-c1c2c(B)c(B)c(B)c(B)c2c(-c2c(B)c(B)c3c(B)c(B)c(B)c(B)c3c2B)c2c(B)c(B)c(B)c(B)c12. The van der Waals surface area contributed by atoms with Crippen LogP contribution < -0.4 is 131 Å². The third-order valence-corrected chi connectivity index (χ3v) is 18.8. The van der Waals surface area contributed by atoms with Crippen LogP contribution in [0.3, 0.4) is 0 Å². The van der Waals surface area contributed by atoms with Crippen LogP contribution in [0.2, 0.25) is 0 Å². The Morgan fingerprint density at radius 3 is 0.754 bits per heavy atom. The lowest BCUT2D eigenvalue weighted by Crippen LogP contribution is -2.52. The maximum absolute atomic E-state index is 7.65. The Morgan fingerprint density at radius 1 is 0.138 bits per heavy atom. The molecule has 65 heavy (non-hydrogen) atoms. The summed E-state index contributed by atoms with van der Waals surface area (Å²) in [4.78, 5) is 0. The molecule has 0 aliphatic heterocycles. The van der Waals surface area contributed by atoms with Crippen molar-refractivity contribution in [3.8, 4) is 22.3 Å². The van der Waals surface area contributed by atoms with Crippen LogP contribution in [0.4, 0.5) is 0 Å². The van der Waals surface area contributed by atoms with Gasteiger partial charge >= 0.3 is 0 Å². The van der Waals surface area contributed by atoms with Gasteiger partial charge in [-0.3, -0.25) is 0 Å². The predicted molar refractivity (Wildman–Crippen MR) is 371 cm³/mol. The standard InChI is InChI=1S/C40H48B24O/c41-15-7(21(47)22(48)10-8(15)23(49)35(61)37(63)25(10)51)1-3-5(19(45)33(59)31(57)17(3)43)2(6-4(1)18(44)32(58)34(60)20(6)46)12-27(53)30(56)28(54)14-13-16(42)9-11(29(55)40(13)65-39(12)14)26(52)38(64)36(62)24(9)50/h41-64H2. The number of hydrogen-bond acceptors (Lipinski definition) is 1. The number of furan rings is 1. The molecule has 0 spiro atoms. The number of benzene rings is 8. The van der Waals surface area contributed by atoms with Gasteiger partial charge in [-0.05, 0) is 65.2 Å².